The first kappa shape index (κ1) is 15.6. The van der Waals surface area contributed by atoms with Crippen LogP contribution in [-0.4, -0.2) is 11.7 Å². The third-order valence-electron chi connectivity index (χ3n) is 3.60. The second-order valence-electron chi connectivity index (χ2n) is 5.38. The van der Waals surface area contributed by atoms with Crippen LogP contribution in [0.15, 0.2) is 48.5 Å². The molecule has 2 aromatic rings. The zero-order chi connectivity index (χ0) is 15.1. The van der Waals surface area contributed by atoms with Crippen molar-refractivity contribution in [2.75, 3.05) is 6.61 Å². The zero-order valence-corrected chi connectivity index (χ0v) is 12.9. The predicted molar refractivity (Wildman–Crippen MR) is 87.5 cm³/mol. The molecule has 0 saturated carbocycles. The molecule has 0 aliphatic rings. The Morgan fingerprint density at radius 3 is 2.00 bits per heavy atom. The fraction of sp³-hybridized carbons (Fsp3) is 0.368. The van der Waals surface area contributed by atoms with Gasteiger partial charge in [0.2, 0.25) is 0 Å². The normalized spacial score (nSPS) is 12.1. The molecule has 1 atom stereocenters. The van der Waals surface area contributed by atoms with Gasteiger partial charge in [-0.3, -0.25) is 0 Å². The van der Waals surface area contributed by atoms with Gasteiger partial charge >= 0.3 is 0 Å². The van der Waals surface area contributed by atoms with Crippen LogP contribution in [0, 0.1) is 0 Å². The van der Waals surface area contributed by atoms with Gasteiger partial charge in [0.25, 0.3) is 0 Å². The van der Waals surface area contributed by atoms with Crippen LogP contribution in [0.1, 0.15) is 44.8 Å². The molecule has 1 unspecified atom stereocenters. The summed E-state index contributed by atoms with van der Waals surface area (Å²) in [6.07, 6.45) is 3.12. The Kier molecular flexibility index (Phi) is 5.82. The van der Waals surface area contributed by atoms with Crippen molar-refractivity contribution in [2.24, 2.45) is 0 Å². The summed E-state index contributed by atoms with van der Waals surface area (Å²) >= 11 is 0. The van der Waals surface area contributed by atoms with Crippen molar-refractivity contribution in [3.8, 4) is 16.9 Å². The number of aliphatic hydroxyl groups is 1. The molecule has 0 aliphatic carbocycles. The number of benzene rings is 2. The number of ether oxygens (including phenoxy) is 1. The summed E-state index contributed by atoms with van der Waals surface area (Å²) in [6.45, 7) is 4.76. The van der Waals surface area contributed by atoms with Crippen LogP contribution in [0.4, 0.5) is 0 Å². The Bertz CT molecular complexity index is 526. The molecular weight excluding hydrogens is 260 g/mol. The highest BCUT2D eigenvalue weighted by Gasteiger charge is 2.02. The van der Waals surface area contributed by atoms with Crippen LogP contribution < -0.4 is 4.74 Å². The van der Waals surface area contributed by atoms with E-state index in [0.29, 0.717) is 0 Å². The van der Waals surface area contributed by atoms with Crippen LogP contribution in [0.2, 0.25) is 0 Å². The van der Waals surface area contributed by atoms with Crippen molar-refractivity contribution >= 4 is 0 Å². The lowest BCUT2D eigenvalue weighted by Crippen LogP contribution is -1.96. The van der Waals surface area contributed by atoms with Crippen LogP contribution in [0.25, 0.3) is 11.1 Å². The van der Waals surface area contributed by atoms with Gasteiger partial charge in [-0.2, -0.15) is 0 Å². The summed E-state index contributed by atoms with van der Waals surface area (Å²) in [4.78, 5) is 0. The molecule has 0 saturated heterocycles. The van der Waals surface area contributed by atoms with Gasteiger partial charge in [0.1, 0.15) is 5.75 Å². The van der Waals surface area contributed by atoms with Gasteiger partial charge in [0, 0.05) is 0 Å². The van der Waals surface area contributed by atoms with Gasteiger partial charge in [-0.15, -0.1) is 0 Å². The molecule has 0 spiro atoms. The molecule has 2 rings (SSSR count). The van der Waals surface area contributed by atoms with Gasteiger partial charge in [-0.1, -0.05) is 56.2 Å². The summed E-state index contributed by atoms with van der Waals surface area (Å²) in [7, 11) is 0. The van der Waals surface area contributed by atoms with Gasteiger partial charge in [0.15, 0.2) is 0 Å². The van der Waals surface area contributed by atoms with Crippen molar-refractivity contribution in [1.29, 1.82) is 0 Å². The lowest BCUT2D eigenvalue weighted by molar-refractivity contribution is 0.199. The van der Waals surface area contributed by atoms with E-state index in [1.54, 1.807) is 6.92 Å². The van der Waals surface area contributed by atoms with Crippen molar-refractivity contribution in [3.05, 3.63) is 54.1 Å². The highest BCUT2D eigenvalue weighted by molar-refractivity contribution is 5.64. The Hall–Kier alpha value is -1.80. The maximum absolute atomic E-state index is 9.53. The Morgan fingerprint density at radius 2 is 1.48 bits per heavy atom. The van der Waals surface area contributed by atoms with Crippen LogP contribution >= 0.6 is 0 Å². The molecule has 0 aliphatic heterocycles. The number of hydrogen-bond donors (Lipinski definition) is 1. The van der Waals surface area contributed by atoms with E-state index >= 15 is 0 Å². The van der Waals surface area contributed by atoms with Crippen LogP contribution in [0.5, 0.6) is 5.75 Å². The smallest absolute Gasteiger partial charge is 0.119 e. The van der Waals surface area contributed by atoms with E-state index in [9.17, 15) is 5.11 Å². The SMILES string of the molecule is CCCCCOc1ccc(-c2ccc(C(C)O)cc2)cc1. The number of hydrogen-bond acceptors (Lipinski definition) is 2. The second-order valence-corrected chi connectivity index (χ2v) is 5.38. The average molecular weight is 284 g/mol. The monoisotopic (exact) mass is 284 g/mol. The van der Waals surface area contributed by atoms with E-state index in [-0.39, 0.29) is 0 Å². The van der Waals surface area contributed by atoms with Crippen molar-refractivity contribution in [3.63, 3.8) is 0 Å². The maximum Gasteiger partial charge on any atom is 0.119 e. The van der Waals surface area contributed by atoms with Gasteiger partial charge in [-0.25, -0.2) is 0 Å². The molecular formula is C19H24O2. The standard InChI is InChI=1S/C19H24O2/c1-3-4-5-14-21-19-12-10-18(11-13-19)17-8-6-16(7-9-17)15(2)20/h6-13,15,20H,3-5,14H2,1-2H3. The molecule has 2 aromatic carbocycles. The molecule has 0 aromatic heterocycles. The largest absolute Gasteiger partial charge is 0.494 e. The number of rotatable bonds is 7. The van der Waals surface area contributed by atoms with Crippen LogP contribution in [0.3, 0.4) is 0 Å². The summed E-state index contributed by atoms with van der Waals surface area (Å²) < 4.78 is 5.72. The average Bonchev–Trinajstić information content (AvgIpc) is 2.52. The van der Waals surface area contributed by atoms with Crippen molar-refractivity contribution < 1.29 is 9.84 Å². The maximum atomic E-state index is 9.53. The summed E-state index contributed by atoms with van der Waals surface area (Å²) in [5.41, 5.74) is 3.25. The first-order valence-corrected chi connectivity index (χ1v) is 7.72. The first-order chi connectivity index (χ1) is 10.2. The molecule has 0 heterocycles. The summed E-state index contributed by atoms with van der Waals surface area (Å²) in [5, 5.41) is 9.53. The van der Waals surface area contributed by atoms with Crippen LogP contribution in [-0.2, 0) is 0 Å². The first-order valence-electron chi connectivity index (χ1n) is 7.72. The molecule has 2 nitrogen and oxygen atoms in total. The predicted octanol–water partition coefficient (Wildman–Crippen LogP) is 4.98. The Morgan fingerprint density at radius 1 is 0.905 bits per heavy atom. The van der Waals surface area contributed by atoms with E-state index in [1.165, 1.54) is 12.8 Å². The quantitative estimate of drug-likeness (QED) is 0.727. The lowest BCUT2D eigenvalue weighted by atomic mass is 10.0. The molecule has 2 heteroatoms. The number of aliphatic hydroxyl groups excluding tert-OH is 1. The highest BCUT2D eigenvalue weighted by Crippen LogP contribution is 2.24. The van der Waals surface area contributed by atoms with Crippen molar-refractivity contribution in [1.82, 2.24) is 0 Å². The van der Waals surface area contributed by atoms with Crippen molar-refractivity contribution in [2.45, 2.75) is 39.2 Å². The Balaban J connectivity index is 1.98. The molecule has 21 heavy (non-hydrogen) atoms. The number of unbranched alkanes of at least 4 members (excludes halogenated alkanes) is 2. The van der Waals surface area contributed by atoms with E-state index in [2.05, 4.69) is 19.1 Å². The Labute approximate surface area is 127 Å². The topological polar surface area (TPSA) is 29.5 Å². The van der Waals surface area contributed by atoms with Gasteiger partial charge in [-0.05, 0) is 42.2 Å². The van der Waals surface area contributed by atoms with Gasteiger partial charge < -0.3 is 9.84 Å². The van der Waals surface area contributed by atoms with E-state index in [4.69, 9.17) is 4.74 Å². The van der Waals surface area contributed by atoms with E-state index < -0.39 is 6.10 Å². The molecule has 1 N–H and O–H groups in total. The third kappa shape index (κ3) is 4.61. The minimum atomic E-state index is -0.419. The molecule has 112 valence electrons. The molecule has 0 bridgehead atoms. The lowest BCUT2D eigenvalue weighted by Gasteiger charge is -2.08. The highest BCUT2D eigenvalue weighted by atomic mass is 16.5. The summed E-state index contributed by atoms with van der Waals surface area (Å²) in [5.74, 6) is 0.926. The fourth-order valence-corrected chi connectivity index (χ4v) is 2.24. The minimum absolute atomic E-state index is 0.419. The molecule has 0 radical (unpaired) electrons. The molecule has 0 amide bonds. The minimum Gasteiger partial charge on any atom is -0.494 e. The van der Waals surface area contributed by atoms with Gasteiger partial charge in [0.05, 0.1) is 12.7 Å². The molecule has 0 fully saturated rings. The fourth-order valence-electron chi connectivity index (χ4n) is 2.24. The third-order valence-corrected chi connectivity index (χ3v) is 3.60. The summed E-state index contributed by atoms with van der Waals surface area (Å²) in [6, 6.07) is 16.2. The zero-order valence-electron chi connectivity index (χ0n) is 12.9. The second kappa shape index (κ2) is 7.84. The van der Waals surface area contributed by atoms with E-state index in [0.717, 1.165) is 35.5 Å². The van der Waals surface area contributed by atoms with E-state index in [1.807, 2.05) is 36.4 Å².